The van der Waals surface area contributed by atoms with Gasteiger partial charge in [0, 0.05) is 13.0 Å². The van der Waals surface area contributed by atoms with E-state index in [1.807, 2.05) is 0 Å². The highest BCUT2D eigenvalue weighted by Gasteiger charge is 2.59. The monoisotopic (exact) mass is 525 g/mol. The molecule has 3 saturated carbocycles. The Bertz CT molecular complexity index is 843. The molecule has 8 atom stereocenters. The van der Waals surface area contributed by atoms with Crippen molar-refractivity contribution in [2.75, 3.05) is 19.6 Å². The number of piperidine rings is 1. The van der Waals surface area contributed by atoms with Crippen LogP contribution >= 0.6 is 0 Å². The Balaban J connectivity index is 1.17. The molecule has 0 aromatic heterocycles. The van der Waals surface area contributed by atoms with Crippen LogP contribution in [-0.2, 0) is 9.53 Å². The zero-order valence-corrected chi connectivity index (χ0v) is 25.6. The lowest BCUT2D eigenvalue weighted by Gasteiger charge is -2.58. The second-order valence-electron chi connectivity index (χ2n) is 15.3. The SMILES string of the molecule is CC(C)CCCC(C)C1CCC2C3CC=C4CC(OC(=O)CCN5CCCCC5)CC[C@]4(C)C3CC[C@]12C. The fourth-order valence-corrected chi connectivity index (χ4v) is 10.4. The molecule has 5 rings (SSSR count). The molecule has 216 valence electrons. The largest absolute Gasteiger partial charge is 0.462 e. The Hall–Kier alpha value is -0.830. The Morgan fingerprint density at radius 2 is 1.79 bits per heavy atom. The Morgan fingerprint density at radius 3 is 2.55 bits per heavy atom. The lowest BCUT2D eigenvalue weighted by molar-refractivity contribution is -0.152. The van der Waals surface area contributed by atoms with Crippen LogP contribution in [0.3, 0.4) is 0 Å². The lowest BCUT2D eigenvalue weighted by atomic mass is 9.47. The van der Waals surface area contributed by atoms with Crippen molar-refractivity contribution in [2.24, 2.45) is 46.3 Å². The van der Waals surface area contributed by atoms with Gasteiger partial charge in [0.1, 0.15) is 6.10 Å². The number of esters is 1. The van der Waals surface area contributed by atoms with E-state index in [0.717, 1.165) is 68.0 Å². The third kappa shape index (κ3) is 5.80. The van der Waals surface area contributed by atoms with Crippen LogP contribution in [-0.4, -0.2) is 36.6 Å². The van der Waals surface area contributed by atoms with E-state index in [1.54, 1.807) is 5.57 Å². The van der Waals surface area contributed by atoms with E-state index in [9.17, 15) is 4.79 Å². The van der Waals surface area contributed by atoms with Crippen LogP contribution in [0, 0.1) is 46.3 Å². The van der Waals surface area contributed by atoms with Crippen LogP contribution in [0.25, 0.3) is 0 Å². The van der Waals surface area contributed by atoms with Gasteiger partial charge in [0.2, 0.25) is 0 Å². The fourth-order valence-electron chi connectivity index (χ4n) is 10.4. The van der Waals surface area contributed by atoms with Crippen molar-refractivity contribution in [1.82, 2.24) is 4.90 Å². The van der Waals surface area contributed by atoms with Crippen LogP contribution in [0.5, 0.6) is 0 Å². The standard InChI is InChI=1S/C35H59NO2/c1-25(2)10-9-11-26(3)30-14-15-31-29-13-12-27-24-28(38-33(37)18-23-36-21-7-6-8-22-36)16-19-34(27,4)32(29)17-20-35(30,31)5/h12,25-26,28-32H,6-11,13-24H2,1-5H3/t26?,28?,29?,30?,31?,32?,34-,35+/m0/s1. The number of allylic oxidation sites excluding steroid dienone is 1. The van der Waals surface area contributed by atoms with Gasteiger partial charge in [0.15, 0.2) is 0 Å². The molecular formula is C35H59NO2. The van der Waals surface area contributed by atoms with E-state index in [2.05, 4.69) is 45.6 Å². The van der Waals surface area contributed by atoms with E-state index in [0.29, 0.717) is 17.3 Å². The summed E-state index contributed by atoms with van der Waals surface area (Å²) in [6, 6.07) is 0. The highest BCUT2D eigenvalue weighted by molar-refractivity contribution is 5.69. The quantitative estimate of drug-likeness (QED) is 0.222. The number of carbonyl (C=O) groups is 1. The molecule has 6 unspecified atom stereocenters. The first-order chi connectivity index (χ1) is 18.2. The fraction of sp³-hybridized carbons (Fsp3) is 0.914. The molecule has 38 heavy (non-hydrogen) atoms. The normalized spacial score (nSPS) is 40.2. The van der Waals surface area contributed by atoms with Gasteiger partial charge in [-0.2, -0.15) is 0 Å². The minimum Gasteiger partial charge on any atom is -0.462 e. The molecule has 5 aliphatic rings. The van der Waals surface area contributed by atoms with Crippen molar-refractivity contribution in [1.29, 1.82) is 0 Å². The van der Waals surface area contributed by atoms with Gasteiger partial charge in [-0.05, 0) is 117 Å². The van der Waals surface area contributed by atoms with Crippen molar-refractivity contribution in [3.05, 3.63) is 11.6 Å². The van der Waals surface area contributed by atoms with E-state index in [4.69, 9.17) is 4.74 Å². The highest BCUT2D eigenvalue weighted by Crippen LogP contribution is 2.67. The zero-order valence-electron chi connectivity index (χ0n) is 25.6. The van der Waals surface area contributed by atoms with Crippen LogP contribution in [0.2, 0.25) is 0 Å². The minimum absolute atomic E-state index is 0.0337. The third-order valence-electron chi connectivity index (χ3n) is 12.6. The van der Waals surface area contributed by atoms with Crippen molar-refractivity contribution in [3.63, 3.8) is 0 Å². The van der Waals surface area contributed by atoms with Crippen molar-refractivity contribution >= 4 is 5.97 Å². The second-order valence-corrected chi connectivity index (χ2v) is 15.3. The summed E-state index contributed by atoms with van der Waals surface area (Å²) >= 11 is 0. The highest BCUT2D eigenvalue weighted by atomic mass is 16.5. The van der Waals surface area contributed by atoms with E-state index >= 15 is 0 Å². The maximum Gasteiger partial charge on any atom is 0.307 e. The Kier molecular flexibility index (Phi) is 9.03. The minimum atomic E-state index is 0.0337. The molecule has 0 N–H and O–H groups in total. The van der Waals surface area contributed by atoms with Gasteiger partial charge < -0.3 is 9.64 Å². The molecule has 1 saturated heterocycles. The Labute approximate surface area is 234 Å². The predicted molar refractivity (Wildman–Crippen MR) is 158 cm³/mol. The molecule has 0 bridgehead atoms. The molecule has 0 aromatic carbocycles. The molecule has 4 aliphatic carbocycles. The van der Waals surface area contributed by atoms with E-state index in [-0.39, 0.29) is 12.1 Å². The van der Waals surface area contributed by atoms with Crippen molar-refractivity contribution in [3.8, 4) is 0 Å². The molecule has 3 heteroatoms. The molecule has 1 aliphatic heterocycles. The topological polar surface area (TPSA) is 29.5 Å². The first kappa shape index (κ1) is 28.7. The van der Waals surface area contributed by atoms with Crippen LogP contribution in [0.15, 0.2) is 11.6 Å². The summed E-state index contributed by atoms with van der Waals surface area (Å²) < 4.78 is 6.08. The van der Waals surface area contributed by atoms with Gasteiger partial charge in [-0.3, -0.25) is 4.79 Å². The molecule has 0 aromatic rings. The smallest absolute Gasteiger partial charge is 0.307 e. The number of rotatable bonds is 9. The number of hydrogen-bond donors (Lipinski definition) is 0. The maximum absolute atomic E-state index is 12.7. The molecule has 0 spiro atoms. The summed E-state index contributed by atoms with van der Waals surface area (Å²) in [5.41, 5.74) is 2.53. The summed E-state index contributed by atoms with van der Waals surface area (Å²) in [7, 11) is 0. The van der Waals surface area contributed by atoms with Gasteiger partial charge in [-0.15, -0.1) is 0 Å². The maximum atomic E-state index is 12.7. The van der Waals surface area contributed by atoms with Crippen LogP contribution in [0.4, 0.5) is 0 Å². The van der Waals surface area contributed by atoms with Gasteiger partial charge >= 0.3 is 5.97 Å². The van der Waals surface area contributed by atoms with Crippen molar-refractivity contribution < 1.29 is 9.53 Å². The number of carbonyl (C=O) groups excluding carboxylic acids is 1. The van der Waals surface area contributed by atoms with Gasteiger partial charge in [0.25, 0.3) is 0 Å². The average molecular weight is 526 g/mol. The molecule has 0 radical (unpaired) electrons. The number of hydrogen-bond acceptors (Lipinski definition) is 3. The summed E-state index contributed by atoms with van der Waals surface area (Å²) in [5, 5.41) is 0. The second kappa shape index (κ2) is 12.0. The molecule has 3 nitrogen and oxygen atoms in total. The number of likely N-dealkylation sites (tertiary alicyclic amines) is 1. The van der Waals surface area contributed by atoms with Gasteiger partial charge in [-0.25, -0.2) is 0 Å². The number of nitrogens with zero attached hydrogens (tertiary/aromatic N) is 1. The first-order valence-electron chi connectivity index (χ1n) is 16.8. The third-order valence-corrected chi connectivity index (χ3v) is 12.6. The van der Waals surface area contributed by atoms with E-state index < -0.39 is 0 Å². The summed E-state index contributed by atoms with van der Waals surface area (Å²) in [5.74, 6) is 5.31. The van der Waals surface area contributed by atoms with Crippen LogP contribution < -0.4 is 0 Å². The molecule has 1 heterocycles. The van der Waals surface area contributed by atoms with Gasteiger partial charge in [0.05, 0.1) is 6.42 Å². The summed E-state index contributed by atoms with van der Waals surface area (Å²) in [6.45, 7) is 15.8. The summed E-state index contributed by atoms with van der Waals surface area (Å²) in [6.07, 6.45) is 21.8. The molecule has 0 amide bonds. The number of ether oxygens (including phenoxy) is 1. The first-order valence-corrected chi connectivity index (χ1v) is 16.8. The Morgan fingerprint density at radius 1 is 1.00 bits per heavy atom. The van der Waals surface area contributed by atoms with Gasteiger partial charge in [-0.1, -0.05) is 72.0 Å². The zero-order chi connectivity index (χ0) is 26.9. The number of fused-ring (bicyclic) bond motifs is 5. The average Bonchev–Trinajstić information content (AvgIpc) is 3.25. The molecular weight excluding hydrogens is 466 g/mol. The van der Waals surface area contributed by atoms with Crippen LogP contribution in [0.1, 0.15) is 131 Å². The predicted octanol–water partition coefficient (Wildman–Crippen LogP) is 8.82. The summed E-state index contributed by atoms with van der Waals surface area (Å²) in [4.78, 5) is 15.1. The molecule has 4 fully saturated rings. The lowest BCUT2D eigenvalue weighted by Crippen LogP contribution is -2.51. The van der Waals surface area contributed by atoms with Crippen molar-refractivity contribution in [2.45, 2.75) is 137 Å². The van der Waals surface area contributed by atoms with E-state index in [1.165, 1.54) is 77.0 Å².